The number of ether oxygens (including phenoxy) is 1. The van der Waals surface area contributed by atoms with Crippen LogP contribution in [0.3, 0.4) is 0 Å². The Hall–Kier alpha value is -1.71. The average Bonchev–Trinajstić information content (AvgIpc) is 2.52. The van der Waals surface area contributed by atoms with Gasteiger partial charge in [0.1, 0.15) is 22.8 Å². The van der Waals surface area contributed by atoms with Crippen LogP contribution >= 0.6 is 11.8 Å². The molecule has 2 aliphatic rings. The third-order valence-corrected chi connectivity index (χ3v) is 5.77. The summed E-state index contributed by atoms with van der Waals surface area (Å²) in [6, 6.07) is 3.29. The number of carboxylic acids is 1. The van der Waals surface area contributed by atoms with Crippen LogP contribution in [0.1, 0.15) is 22.3 Å². The Labute approximate surface area is 150 Å². The Bertz CT molecular complexity index is 681. The first-order valence-corrected chi connectivity index (χ1v) is 9.16. The summed E-state index contributed by atoms with van der Waals surface area (Å²) in [5, 5.41) is 23.3. The summed E-state index contributed by atoms with van der Waals surface area (Å²) >= 11 is 1.63. The Morgan fingerprint density at radius 2 is 2.20 bits per heavy atom. The summed E-state index contributed by atoms with van der Waals surface area (Å²) < 4.78 is 10.5. The van der Waals surface area contributed by atoms with Crippen LogP contribution in [0.15, 0.2) is 12.1 Å². The molecule has 1 fully saturated rings. The molecule has 0 saturated carbocycles. The van der Waals surface area contributed by atoms with Crippen LogP contribution in [-0.4, -0.2) is 60.2 Å². The van der Waals surface area contributed by atoms with Crippen molar-refractivity contribution >= 4 is 30.6 Å². The summed E-state index contributed by atoms with van der Waals surface area (Å²) in [7, 11) is 0.168. The van der Waals surface area contributed by atoms with Crippen molar-refractivity contribution in [2.24, 2.45) is 0 Å². The fraction of sp³-hybridized carbons (Fsp3) is 0.500. The molecule has 0 spiro atoms. The molecule has 1 aromatic carbocycles. The van der Waals surface area contributed by atoms with Crippen LogP contribution in [0.5, 0.6) is 11.5 Å². The van der Waals surface area contributed by atoms with E-state index >= 15 is 0 Å². The molecule has 1 aromatic rings. The van der Waals surface area contributed by atoms with Gasteiger partial charge in [-0.2, -0.15) is 0 Å². The lowest BCUT2D eigenvalue weighted by Crippen LogP contribution is -2.45. The molecule has 0 amide bonds. The third kappa shape index (κ3) is 3.94. The van der Waals surface area contributed by atoms with Gasteiger partial charge in [-0.05, 0) is 18.1 Å². The predicted molar refractivity (Wildman–Crippen MR) is 94.7 cm³/mol. The second-order valence-corrected chi connectivity index (χ2v) is 7.53. The van der Waals surface area contributed by atoms with Crippen molar-refractivity contribution in [1.29, 1.82) is 0 Å². The van der Waals surface area contributed by atoms with E-state index in [0.717, 1.165) is 13.1 Å². The van der Waals surface area contributed by atoms with E-state index in [1.807, 2.05) is 0 Å². The number of methoxy groups -OCH3 is 1. The molecule has 25 heavy (non-hydrogen) atoms. The highest BCUT2D eigenvalue weighted by Crippen LogP contribution is 2.40. The molecule has 3 rings (SSSR count). The molecule has 0 unspecified atom stereocenters. The summed E-state index contributed by atoms with van der Waals surface area (Å²) in [6.45, 7) is 1.86. The van der Waals surface area contributed by atoms with Crippen LogP contribution in [0.4, 0.5) is 0 Å². The first-order chi connectivity index (χ1) is 12.0. The van der Waals surface area contributed by atoms with Crippen molar-refractivity contribution in [3.05, 3.63) is 23.3 Å². The van der Waals surface area contributed by atoms with Crippen molar-refractivity contribution in [1.82, 2.24) is 5.32 Å². The van der Waals surface area contributed by atoms with Crippen LogP contribution in [0.2, 0.25) is 5.82 Å². The number of nitrogens with one attached hydrogen (secondary N) is 1. The van der Waals surface area contributed by atoms with E-state index in [2.05, 4.69) is 5.32 Å². The van der Waals surface area contributed by atoms with Gasteiger partial charge in [0.05, 0.1) is 12.9 Å². The van der Waals surface area contributed by atoms with E-state index < -0.39 is 13.1 Å². The lowest BCUT2D eigenvalue weighted by atomic mass is 9.64. The molecule has 0 aliphatic carbocycles. The van der Waals surface area contributed by atoms with E-state index in [9.17, 15) is 19.7 Å². The van der Waals surface area contributed by atoms with Crippen LogP contribution in [-0.2, 0) is 11.2 Å². The number of rotatable bonds is 7. The predicted octanol–water partition coefficient (Wildman–Crippen LogP) is 0.843. The maximum Gasteiger partial charge on any atom is 0.526 e. The minimum atomic E-state index is -1.21. The van der Waals surface area contributed by atoms with E-state index in [0.29, 0.717) is 23.0 Å². The van der Waals surface area contributed by atoms with Gasteiger partial charge in [-0.1, -0.05) is 6.07 Å². The maximum absolute atomic E-state index is 12.2. The highest BCUT2D eigenvalue weighted by Gasteiger charge is 2.38. The van der Waals surface area contributed by atoms with E-state index in [1.54, 1.807) is 23.9 Å². The van der Waals surface area contributed by atoms with Crippen molar-refractivity contribution in [3.63, 3.8) is 0 Å². The molecule has 3 N–H and O–H groups in total. The molecule has 1 atom stereocenters. The fourth-order valence-electron chi connectivity index (χ4n) is 2.99. The lowest BCUT2D eigenvalue weighted by Gasteiger charge is -2.29. The van der Waals surface area contributed by atoms with Crippen molar-refractivity contribution in [2.75, 3.05) is 26.0 Å². The van der Waals surface area contributed by atoms with Crippen molar-refractivity contribution in [3.8, 4) is 11.5 Å². The number of aromatic carboxylic acids is 1. The van der Waals surface area contributed by atoms with Crippen LogP contribution in [0.25, 0.3) is 0 Å². The monoisotopic (exact) mass is 365 g/mol. The number of carboxylic acid groups (broad SMARTS) is 1. The SMILES string of the molecule is COc1ccc2c(c1C(=O)O)OB(O)[C@@H](CC(=O)CSC1CNC1)C2. The second kappa shape index (κ2) is 7.67. The highest BCUT2D eigenvalue weighted by atomic mass is 32.2. The molecular weight excluding hydrogens is 345 g/mol. The van der Waals surface area contributed by atoms with Crippen LogP contribution < -0.4 is 14.7 Å². The third-order valence-electron chi connectivity index (χ3n) is 4.47. The Morgan fingerprint density at radius 3 is 2.80 bits per heavy atom. The molecule has 9 heteroatoms. The first-order valence-electron chi connectivity index (χ1n) is 8.11. The molecular formula is C16H20BNO6S. The number of thioether (sulfide) groups is 1. The molecule has 0 radical (unpaired) electrons. The Morgan fingerprint density at radius 1 is 1.44 bits per heavy atom. The number of Topliss-reactive ketones (excluding diaryl/α,β-unsaturated/α-hetero) is 1. The molecule has 0 bridgehead atoms. The van der Waals surface area contributed by atoms with E-state index in [-0.39, 0.29) is 35.1 Å². The van der Waals surface area contributed by atoms with Crippen LogP contribution in [0, 0.1) is 0 Å². The lowest BCUT2D eigenvalue weighted by molar-refractivity contribution is -0.116. The van der Waals surface area contributed by atoms with Gasteiger partial charge in [-0.25, -0.2) is 4.79 Å². The van der Waals surface area contributed by atoms with Gasteiger partial charge in [-0.15, -0.1) is 11.8 Å². The molecule has 2 heterocycles. The number of hydrogen-bond donors (Lipinski definition) is 3. The minimum Gasteiger partial charge on any atom is -0.535 e. The van der Waals surface area contributed by atoms with Gasteiger partial charge >= 0.3 is 13.1 Å². The number of carbonyl (C=O) groups excluding carboxylic acids is 1. The minimum absolute atomic E-state index is 0.0694. The van der Waals surface area contributed by atoms with Gasteiger partial charge in [0.2, 0.25) is 0 Å². The number of ketones is 1. The van der Waals surface area contributed by atoms with Gasteiger partial charge in [-0.3, -0.25) is 4.79 Å². The van der Waals surface area contributed by atoms with Crippen molar-refractivity contribution in [2.45, 2.75) is 23.9 Å². The second-order valence-electron chi connectivity index (χ2n) is 6.24. The molecule has 0 aromatic heterocycles. The number of hydrogen-bond acceptors (Lipinski definition) is 7. The summed E-state index contributed by atoms with van der Waals surface area (Å²) in [6.07, 6.45) is 0.602. The molecule has 7 nitrogen and oxygen atoms in total. The van der Waals surface area contributed by atoms with E-state index in [1.165, 1.54) is 7.11 Å². The van der Waals surface area contributed by atoms with Gasteiger partial charge in [0.15, 0.2) is 0 Å². The summed E-state index contributed by atoms with van der Waals surface area (Å²) in [5.74, 6) is -0.765. The molecule has 2 aliphatic heterocycles. The van der Waals surface area contributed by atoms with Gasteiger partial charge in [0, 0.05) is 30.6 Å². The quantitative estimate of drug-likeness (QED) is 0.611. The fourth-order valence-corrected chi connectivity index (χ4v) is 4.00. The zero-order chi connectivity index (χ0) is 18.0. The smallest absolute Gasteiger partial charge is 0.526 e. The molecule has 134 valence electrons. The molecule has 1 saturated heterocycles. The number of carbonyl (C=O) groups is 2. The zero-order valence-electron chi connectivity index (χ0n) is 13.9. The summed E-state index contributed by atoms with van der Waals surface area (Å²) in [4.78, 5) is 23.7. The maximum atomic E-state index is 12.2. The largest absolute Gasteiger partial charge is 0.535 e. The topological polar surface area (TPSA) is 105 Å². The zero-order valence-corrected chi connectivity index (χ0v) is 14.7. The van der Waals surface area contributed by atoms with Gasteiger partial charge in [0.25, 0.3) is 0 Å². The highest BCUT2D eigenvalue weighted by molar-refractivity contribution is 8.00. The normalized spacial score (nSPS) is 19.6. The number of benzene rings is 1. The Kier molecular flexibility index (Phi) is 5.56. The van der Waals surface area contributed by atoms with Crippen molar-refractivity contribution < 1.29 is 29.1 Å². The first kappa shape index (κ1) is 18.1. The van der Waals surface area contributed by atoms with Gasteiger partial charge < -0.3 is 24.8 Å². The number of fused-ring (bicyclic) bond motifs is 1. The Balaban J connectivity index is 1.69. The standard InChI is InChI=1S/C16H20BNO6S/c1-23-13-3-2-9-4-10(5-11(19)8-25-12-6-18-7-12)17(22)24-15(9)14(13)16(20)21/h2-3,10,12,18,22H,4-8H2,1H3,(H,20,21)/t10-/m1/s1. The average molecular weight is 365 g/mol. The summed E-state index contributed by atoms with van der Waals surface area (Å²) in [5.41, 5.74) is 0.564. The van der Waals surface area contributed by atoms with E-state index in [4.69, 9.17) is 9.39 Å².